The van der Waals surface area contributed by atoms with Crippen LogP contribution in [0.1, 0.15) is 5.56 Å². The van der Waals surface area contributed by atoms with Gasteiger partial charge in [-0.3, -0.25) is 10.1 Å². The highest BCUT2D eigenvalue weighted by Gasteiger charge is 2.15. The van der Waals surface area contributed by atoms with Gasteiger partial charge in [0, 0.05) is 17.6 Å². The summed E-state index contributed by atoms with van der Waals surface area (Å²) in [5, 5.41) is 11.1. The average Bonchev–Trinajstić information content (AvgIpc) is 2.16. The molecule has 5 heteroatoms. The Morgan fingerprint density at radius 1 is 1.64 bits per heavy atom. The topological polar surface area (TPSA) is 69.2 Å². The Morgan fingerprint density at radius 3 is 2.79 bits per heavy atom. The van der Waals surface area contributed by atoms with Gasteiger partial charge in [-0.05, 0) is 17.7 Å². The van der Waals surface area contributed by atoms with Crippen LogP contribution < -0.4 is 5.73 Å². The molecule has 1 aromatic rings. The van der Waals surface area contributed by atoms with E-state index in [1.165, 1.54) is 18.2 Å². The first-order chi connectivity index (χ1) is 6.56. The third-order valence-electron chi connectivity index (χ3n) is 1.78. The van der Waals surface area contributed by atoms with Gasteiger partial charge >= 0.3 is 0 Å². The van der Waals surface area contributed by atoms with Crippen LogP contribution in [0, 0.1) is 10.1 Å². The summed E-state index contributed by atoms with van der Waals surface area (Å²) >= 11 is 5.72. The molecule has 0 radical (unpaired) electrons. The Balaban J connectivity index is 3.29. The fraction of sp³-hybridized carbons (Fsp3) is 0.111. The summed E-state index contributed by atoms with van der Waals surface area (Å²) in [4.78, 5) is 10.2. The zero-order valence-corrected chi connectivity index (χ0v) is 8.12. The van der Waals surface area contributed by atoms with E-state index in [1.807, 2.05) is 0 Å². The lowest BCUT2D eigenvalue weighted by Crippen LogP contribution is -2.03. The second-order valence-corrected chi connectivity index (χ2v) is 3.16. The number of hydrogen-bond donors (Lipinski definition) is 1. The van der Waals surface area contributed by atoms with Gasteiger partial charge in [-0.25, -0.2) is 0 Å². The Kier molecular flexibility index (Phi) is 3.22. The summed E-state index contributed by atoms with van der Waals surface area (Å²) in [6.45, 7) is 3.81. The molecule has 0 unspecified atom stereocenters. The molecule has 0 saturated carbocycles. The highest BCUT2D eigenvalue weighted by atomic mass is 35.5. The maximum Gasteiger partial charge on any atom is 0.276 e. The van der Waals surface area contributed by atoms with Crippen molar-refractivity contribution in [2.24, 2.45) is 5.73 Å². The Hall–Kier alpha value is -1.39. The van der Waals surface area contributed by atoms with Gasteiger partial charge in [0.2, 0.25) is 0 Å². The number of benzene rings is 1. The van der Waals surface area contributed by atoms with Crippen LogP contribution in [0.2, 0.25) is 5.02 Å². The van der Waals surface area contributed by atoms with Crippen LogP contribution in [0.25, 0.3) is 5.57 Å². The lowest BCUT2D eigenvalue weighted by Gasteiger charge is -2.04. The molecule has 0 heterocycles. The Labute approximate surface area is 86.1 Å². The van der Waals surface area contributed by atoms with Crippen LogP contribution in [0.15, 0.2) is 24.8 Å². The molecular weight excluding hydrogens is 204 g/mol. The van der Waals surface area contributed by atoms with Crippen LogP contribution in [0.3, 0.4) is 0 Å². The van der Waals surface area contributed by atoms with Crippen molar-refractivity contribution in [3.05, 3.63) is 45.5 Å². The van der Waals surface area contributed by atoms with Crippen LogP contribution >= 0.6 is 11.6 Å². The molecule has 0 saturated heterocycles. The number of nitro benzene ring substituents is 1. The molecule has 0 bridgehead atoms. The van der Waals surface area contributed by atoms with Crippen molar-refractivity contribution in [2.75, 3.05) is 6.54 Å². The van der Waals surface area contributed by atoms with Crippen LogP contribution in [0.5, 0.6) is 0 Å². The smallest absolute Gasteiger partial charge is 0.276 e. The third-order valence-corrected chi connectivity index (χ3v) is 2.02. The van der Waals surface area contributed by atoms with Gasteiger partial charge in [-0.15, -0.1) is 0 Å². The number of hydrogen-bond acceptors (Lipinski definition) is 3. The van der Waals surface area contributed by atoms with Gasteiger partial charge in [0.1, 0.15) is 0 Å². The number of halogens is 1. The van der Waals surface area contributed by atoms with Crippen LogP contribution in [-0.4, -0.2) is 11.5 Å². The highest BCUT2D eigenvalue weighted by molar-refractivity contribution is 6.30. The van der Waals surface area contributed by atoms with E-state index >= 15 is 0 Å². The second-order valence-electron chi connectivity index (χ2n) is 2.73. The minimum absolute atomic E-state index is 0.0233. The molecule has 4 nitrogen and oxygen atoms in total. The van der Waals surface area contributed by atoms with E-state index in [0.717, 1.165) is 0 Å². The normalized spacial score (nSPS) is 9.86. The first kappa shape index (κ1) is 10.7. The van der Waals surface area contributed by atoms with Gasteiger partial charge in [0.05, 0.1) is 10.5 Å². The van der Waals surface area contributed by atoms with Crippen molar-refractivity contribution in [2.45, 2.75) is 0 Å². The minimum atomic E-state index is -0.480. The molecule has 0 aromatic heterocycles. The Bertz CT molecular complexity index is 390. The first-order valence-electron chi connectivity index (χ1n) is 3.88. The average molecular weight is 213 g/mol. The Morgan fingerprint density at radius 2 is 2.29 bits per heavy atom. The summed E-state index contributed by atoms with van der Waals surface area (Å²) < 4.78 is 0. The molecule has 14 heavy (non-hydrogen) atoms. The molecule has 1 aromatic carbocycles. The van der Waals surface area contributed by atoms with Gasteiger partial charge < -0.3 is 5.73 Å². The summed E-state index contributed by atoms with van der Waals surface area (Å²) in [6, 6.07) is 4.31. The van der Waals surface area contributed by atoms with Crippen LogP contribution in [-0.2, 0) is 0 Å². The summed E-state index contributed by atoms with van der Waals surface area (Å²) in [6.07, 6.45) is 0. The van der Waals surface area contributed by atoms with E-state index < -0.39 is 4.92 Å². The highest BCUT2D eigenvalue weighted by Crippen LogP contribution is 2.27. The van der Waals surface area contributed by atoms with E-state index in [0.29, 0.717) is 16.2 Å². The minimum Gasteiger partial charge on any atom is -0.326 e. The van der Waals surface area contributed by atoms with Gasteiger partial charge in [0.15, 0.2) is 0 Å². The maximum absolute atomic E-state index is 10.6. The molecule has 0 amide bonds. The fourth-order valence-corrected chi connectivity index (χ4v) is 1.23. The largest absolute Gasteiger partial charge is 0.326 e. The molecule has 0 aliphatic carbocycles. The monoisotopic (exact) mass is 212 g/mol. The molecule has 0 spiro atoms. The molecule has 2 N–H and O–H groups in total. The van der Waals surface area contributed by atoms with E-state index in [2.05, 4.69) is 6.58 Å². The number of nitro groups is 1. The number of nitrogens with two attached hydrogens (primary N) is 1. The zero-order valence-electron chi connectivity index (χ0n) is 7.37. The quantitative estimate of drug-likeness (QED) is 0.617. The van der Waals surface area contributed by atoms with Gasteiger partial charge in [-0.2, -0.15) is 0 Å². The summed E-state index contributed by atoms with van der Waals surface area (Å²) in [7, 11) is 0. The molecule has 0 aliphatic rings. The van der Waals surface area contributed by atoms with Crippen LogP contribution in [0.4, 0.5) is 5.69 Å². The lowest BCUT2D eigenvalue weighted by atomic mass is 10.1. The van der Waals surface area contributed by atoms with Crippen molar-refractivity contribution in [1.29, 1.82) is 0 Å². The zero-order chi connectivity index (χ0) is 10.7. The molecule has 1 rings (SSSR count). The summed E-state index contributed by atoms with van der Waals surface area (Å²) in [5.41, 5.74) is 6.23. The van der Waals surface area contributed by atoms with Crippen molar-refractivity contribution in [3.63, 3.8) is 0 Å². The lowest BCUT2D eigenvalue weighted by molar-refractivity contribution is -0.385. The predicted octanol–water partition coefficient (Wildman–Crippen LogP) is 2.22. The van der Waals surface area contributed by atoms with E-state index in [4.69, 9.17) is 17.3 Å². The predicted molar refractivity (Wildman–Crippen MR) is 56.2 cm³/mol. The summed E-state index contributed by atoms with van der Waals surface area (Å²) in [5.74, 6) is 0. The fourth-order valence-electron chi connectivity index (χ4n) is 1.06. The van der Waals surface area contributed by atoms with Crippen molar-refractivity contribution in [3.8, 4) is 0 Å². The number of rotatable bonds is 3. The first-order valence-corrected chi connectivity index (χ1v) is 4.26. The SMILES string of the molecule is C=C(CN)c1cc(Cl)ccc1[N+](=O)[O-]. The van der Waals surface area contributed by atoms with Gasteiger partial charge in [0.25, 0.3) is 5.69 Å². The van der Waals surface area contributed by atoms with Crippen molar-refractivity contribution < 1.29 is 4.92 Å². The van der Waals surface area contributed by atoms with Crippen molar-refractivity contribution >= 4 is 22.9 Å². The van der Waals surface area contributed by atoms with Gasteiger partial charge in [-0.1, -0.05) is 18.2 Å². The molecule has 0 aliphatic heterocycles. The molecule has 0 fully saturated rings. The maximum atomic E-state index is 10.6. The van der Waals surface area contributed by atoms with E-state index in [9.17, 15) is 10.1 Å². The van der Waals surface area contributed by atoms with E-state index in [1.54, 1.807) is 0 Å². The standard InChI is InChI=1S/C9H9ClN2O2/c1-6(5-11)8-4-7(10)2-3-9(8)12(13)14/h2-4H,1,5,11H2. The molecule has 0 atom stereocenters. The third kappa shape index (κ3) is 2.10. The van der Waals surface area contributed by atoms with Crippen molar-refractivity contribution in [1.82, 2.24) is 0 Å². The second kappa shape index (κ2) is 4.21. The van der Waals surface area contributed by atoms with E-state index in [-0.39, 0.29) is 12.2 Å². The molecule has 74 valence electrons. The number of nitrogens with zero attached hydrogens (tertiary/aromatic N) is 1. The molecular formula is C9H9ClN2O2.